The first-order valence-electron chi connectivity index (χ1n) is 4.12. The Kier molecular flexibility index (Phi) is 4.14. The Bertz CT molecular complexity index is 607. The van der Waals surface area contributed by atoms with Crippen LogP contribution in [-0.4, -0.2) is 9.97 Å². The van der Waals surface area contributed by atoms with Gasteiger partial charge in [-0.25, -0.2) is 9.97 Å². The second-order valence-corrected chi connectivity index (χ2v) is 5.26. The van der Waals surface area contributed by atoms with Crippen LogP contribution in [0, 0.1) is 11.2 Å². The molecule has 0 saturated carbocycles. The predicted molar refractivity (Wildman–Crippen MR) is 78.0 cm³/mol. The molecule has 0 bridgehead atoms. The summed E-state index contributed by atoms with van der Waals surface area (Å²) in [7, 11) is 1.39. The molecule has 1 aromatic heterocycles. The minimum absolute atomic E-state index is 0.192. The third kappa shape index (κ3) is 2.72. The number of benzene rings is 1. The third-order valence-electron chi connectivity index (χ3n) is 1.84. The Morgan fingerprint density at radius 2 is 2.06 bits per heavy atom. The van der Waals surface area contributed by atoms with Gasteiger partial charge in [0.1, 0.15) is 5.69 Å². The van der Waals surface area contributed by atoms with Crippen molar-refractivity contribution in [2.24, 2.45) is 0 Å². The van der Waals surface area contributed by atoms with Gasteiger partial charge in [0.05, 0.1) is 5.52 Å². The molecule has 0 spiro atoms. The molecular weight excluding hydrogens is 378 g/mol. The van der Waals surface area contributed by atoms with Crippen molar-refractivity contribution < 1.29 is 0 Å². The van der Waals surface area contributed by atoms with Crippen molar-refractivity contribution >= 4 is 64.2 Å². The van der Waals surface area contributed by atoms with E-state index in [0.29, 0.717) is 10.7 Å². The van der Waals surface area contributed by atoms with E-state index >= 15 is 0 Å². The van der Waals surface area contributed by atoms with Crippen LogP contribution in [0.5, 0.6) is 0 Å². The molecule has 0 unspecified atom stereocenters. The molecule has 0 aliphatic rings. The van der Waals surface area contributed by atoms with Crippen LogP contribution in [0.25, 0.3) is 10.9 Å². The van der Waals surface area contributed by atoms with E-state index in [4.69, 9.17) is 23.2 Å². The number of rotatable bonds is 0. The number of aromatic nitrogens is 2. The maximum atomic E-state index is 5.92. The van der Waals surface area contributed by atoms with E-state index in [1.165, 1.54) is 8.93 Å². The maximum Gasteiger partial charge on any atom is 0.224 e. The Morgan fingerprint density at radius 1 is 1.25 bits per heavy atom. The van der Waals surface area contributed by atoms with Crippen molar-refractivity contribution in [3.63, 3.8) is 0 Å². The second kappa shape index (κ2) is 5.41. The molecule has 1 heterocycles. The number of hydrogen-bond donors (Lipinski definition) is 0. The number of fused-ring (bicyclic) bond motifs is 1. The Labute approximate surface area is 119 Å². The number of hydrogen-bond acceptors (Lipinski definition) is 3. The van der Waals surface area contributed by atoms with Crippen molar-refractivity contribution in [2.45, 2.75) is 0 Å². The molecule has 2 nitrogen and oxygen atoms in total. The van der Waals surface area contributed by atoms with Crippen LogP contribution in [0.15, 0.2) is 18.2 Å². The molecule has 2 aromatic rings. The fourth-order valence-electron chi connectivity index (χ4n) is 1.24. The van der Waals surface area contributed by atoms with Crippen LogP contribution in [0.4, 0.5) is 0 Å². The SMILES string of the molecule is Clc1ccc2nc(Cl)nc(C#CSI)c2c1. The lowest BCUT2D eigenvalue weighted by Gasteiger charge is -2.00. The van der Waals surface area contributed by atoms with Gasteiger partial charge >= 0.3 is 0 Å². The molecule has 0 atom stereocenters. The van der Waals surface area contributed by atoms with E-state index < -0.39 is 0 Å². The van der Waals surface area contributed by atoms with Crippen LogP contribution < -0.4 is 0 Å². The summed E-state index contributed by atoms with van der Waals surface area (Å²) in [6.07, 6.45) is 0. The monoisotopic (exact) mass is 380 g/mol. The minimum Gasteiger partial charge on any atom is -0.218 e. The van der Waals surface area contributed by atoms with E-state index in [2.05, 4.69) is 42.3 Å². The highest BCUT2D eigenvalue weighted by atomic mass is 127. The average Bonchev–Trinajstić information content (AvgIpc) is 2.26. The molecule has 16 heavy (non-hydrogen) atoms. The van der Waals surface area contributed by atoms with Gasteiger partial charge in [0.15, 0.2) is 0 Å². The summed E-state index contributed by atoms with van der Waals surface area (Å²) >= 11 is 13.8. The van der Waals surface area contributed by atoms with Crippen molar-refractivity contribution in [1.29, 1.82) is 0 Å². The zero-order valence-corrected chi connectivity index (χ0v) is 12.2. The first-order valence-corrected chi connectivity index (χ1v) is 8.23. The van der Waals surface area contributed by atoms with Gasteiger partial charge in [0.25, 0.3) is 0 Å². The summed E-state index contributed by atoms with van der Waals surface area (Å²) in [4.78, 5) is 8.19. The van der Waals surface area contributed by atoms with Crippen LogP contribution in [0.2, 0.25) is 10.3 Å². The number of halogens is 3. The van der Waals surface area contributed by atoms with Gasteiger partial charge in [-0.1, -0.05) is 11.6 Å². The average molecular weight is 381 g/mol. The highest BCUT2D eigenvalue weighted by Gasteiger charge is 2.05. The minimum atomic E-state index is 0.192. The second-order valence-electron chi connectivity index (χ2n) is 2.81. The fourth-order valence-corrected chi connectivity index (χ4v) is 2.05. The lowest BCUT2D eigenvalue weighted by molar-refractivity contribution is 1.20. The highest BCUT2D eigenvalue weighted by Crippen LogP contribution is 2.21. The van der Waals surface area contributed by atoms with E-state index in [-0.39, 0.29) is 5.28 Å². The molecule has 0 N–H and O–H groups in total. The largest absolute Gasteiger partial charge is 0.224 e. The van der Waals surface area contributed by atoms with E-state index in [1.54, 1.807) is 18.2 Å². The van der Waals surface area contributed by atoms with Gasteiger partial charge in [-0.05, 0) is 49.9 Å². The molecule has 0 amide bonds. The summed E-state index contributed by atoms with van der Waals surface area (Å²) in [5.74, 6) is 2.92. The first-order chi connectivity index (χ1) is 7.70. The van der Waals surface area contributed by atoms with Crippen molar-refractivity contribution in [3.8, 4) is 11.2 Å². The predicted octanol–water partition coefficient (Wildman–Crippen LogP) is 4.33. The molecule has 0 aliphatic carbocycles. The fraction of sp³-hybridized carbons (Fsp3) is 0. The Hall–Kier alpha value is -0.220. The highest BCUT2D eigenvalue weighted by molar-refractivity contribution is 14.2. The van der Waals surface area contributed by atoms with Gasteiger partial charge in [0.2, 0.25) is 5.28 Å². The smallest absolute Gasteiger partial charge is 0.218 e. The zero-order valence-electron chi connectivity index (χ0n) is 7.67. The standard InChI is InChI=1S/C10H3Cl2IN2S/c11-6-1-2-8-7(5-6)9(3-4-16-13)15-10(12)14-8/h1-2,5H. The van der Waals surface area contributed by atoms with Crippen molar-refractivity contribution in [1.82, 2.24) is 9.97 Å². The molecule has 6 heteroatoms. The van der Waals surface area contributed by atoms with Gasteiger partial charge < -0.3 is 0 Å². The van der Waals surface area contributed by atoms with E-state index in [1.807, 2.05) is 0 Å². The summed E-state index contributed by atoms with van der Waals surface area (Å²) in [5, 5.41) is 4.50. The van der Waals surface area contributed by atoms with Crippen LogP contribution in [0.1, 0.15) is 5.69 Å². The third-order valence-corrected chi connectivity index (χ3v) is 3.08. The van der Waals surface area contributed by atoms with Crippen molar-refractivity contribution in [2.75, 3.05) is 0 Å². The van der Waals surface area contributed by atoms with E-state index in [0.717, 1.165) is 10.9 Å². The van der Waals surface area contributed by atoms with Crippen LogP contribution in [-0.2, 0) is 0 Å². The van der Waals surface area contributed by atoms with Gasteiger partial charge in [-0.15, -0.1) is 0 Å². The molecule has 0 aliphatic heterocycles. The van der Waals surface area contributed by atoms with E-state index in [9.17, 15) is 0 Å². The summed E-state index contributed by atoms with van der Waals surface area (Å²) in [6, 6.07) is 5.35. The van der Waals surface area contributed by atoms with Crippen LogP contribution in [0.3, 0.4) is 0 Å². The summed E-state index contributed by atoms with van der Waals surface area (Å²) in [5.41, 5.74) is 1.34. The topological polar surface area (TPSA) is 25.8 Å². The molecule has 0 fully saturated rings. The molecule has 0 saturated heterocycles. The lowest BCUT2D eigenvalue weighted by atomic mass is 10.2. The lowest BCUT2D eigenvalue weighted by Crippen LogP contribution is -1.90. The Balaban J connectivity index is 2.74. The van der Waals surface area contributed by atoms with Gasteiger partial charge in [-0.2, -0.15) is 0 Å². The van der Waals surface area contributed by atoms with Gasteiger partial charge in [0, 0.05) is 31.6 Å². The Morgan fingerprint density at radius 3 is 2.81 bits per heavy atom. The number of nitrogens with zero attached hydrogens (tertiary/aromatic N) is 2. The molecular formula is C10H3Cl2IN2S. The molecule has 1 aromatic carbocycles. The normalized spacial score (nSPS) is 9.94. The van der Waals surface area contributed by atoms with Crippen LogP contribution >= 0.6 is 53.3 Å². The van der Waals surface area contributed by atoms with Crippen molar-refractivity contribution in [3.05, 3.63) is 34.2 Å². The summed E-state index contributed by atoms with van der Waals surface area (Å²) in [6.45, 7) is 0. The zero-order chi connectivity index (χ0) is 11.5. The molecule has 2 rings (SSSR count). The van der Waals surface area contributed by atoms with Gasteiger partial charge in [-0.3, -0.25) is 0 Å². The first kappa shape index (κ1) is 12.2. The summed E-state index contributed by atoms with van der Waals surface area (Å²) < 4.78 is 0. The molecule has 80 valence electrons. The maximum absolute atomic E-state index is 5.92. The quantitative estimate of drug-likeness (QED) is 0.386. The molecule has 0 radical (unpaired) electrons.